The smallest absolute Gasteiger partial charge is 0.323 e. The first kappa shape index (κ1) is 23.7. The van der Waals surface area contributed by atoms with Crippen molar-refractivity contribution in [1.29, 1.82) is 0 Å². The molecule has 1 N–H and O–H groups in total. The predicted molar refractivity (Wildman–Crippen MR) is 122 cm³/mol. The van der Waals surface area contributed by atoms with Crippen LogP contribution in [0.1, 0.15) is 47.1 Å². The summed E-state index contributed by atoms with van der Waals surface area (Å²) in [7, 11) is 0.559. The third kappa shape index (κ3) is 4.78. The molecule has 160 valence electrons. The largest absolute Gasteiger partial charge is 0.480 e. The van der Waals surface area contributed by atoms with Gasteiger partial charge in [-0.1, -0.05) is 70.2 Å². The molecule has 0 saturated carbocycles. The number of benzene rings is 1. The average Bonchev–Trinajstić information content (AvgIpc) is 2.64. The Balaban J connectivity index is 2.48. The van der Waals surface area contributed by atoms with Crippen molar-refractivity contribution >= 4 is 39.4 Å². The second-order valence-electron chi connectivity index (χ2n) is 9.55. The van der Waals surface area contributed by atoms with Gasteiger partial charge in [-0.05, 0) is 24.8 Å². The molecular weight excluding hydrogens is 402 g/mol. The maximum Gasteiger partial charge on any atom is 0.323 e. The van der Waals surface area contributed by atoms with Crippen LogP contribution in [-0.2, 0) is 14.0 Å². The first-order valence-corrected chi connectivity index (χ1v) is 11.2. The van der Waals surface area contributed by atoms with E-state index in [-0.39, 0.29) is 41.7 Å². The summed E-state index contributed by atoms with van der Waals surface area (Å²) in [6, 6.07) is 9.45. The van der Waals surface area contributed by atoms with Gasteiger partial charge in [-0.2, -0.15) is 0 Å². The van der Waals surface area contributed by atoms with E-state index in [4.69, 9.17) is 16.6 Å². The van der Waals surface area contributed by atoms with Gasteiger partial charge in [0.2, 0.25) is 5.91 Å². The number of carbonyl (C=O) groups is 2. The Morgan fingerprint density at radius 3 is 2.24 bits per heavy atom. The monoisotopic (exact) mass is 435 g/mol. The summed E-state index contributed by atoms with van der Waals surface area (Å²) in [6.07, 6.45) is 0. The second kappa shape index (κ2) is 8.66. The number of aliphatic carboxylic acids is 1. The molecule has 7 heteroatoms. The molecule has 29 heavy (non-hydrogen) atoms. The van der Waals surface area contributed by atoms with E-state index in [1.807, 2.05) is 51.1 Å². The lowest BCUT2D eigenvalue weighted by Crippen LogP contribution is -2.70. The van der Waals surface area contributed by atoms with Crippen LogP contribution in [0.4, 0.5) is 0 Å². The molecule has 0 aromatic heterocycles. The summed E-state index contributed by atoms with van der Waals surface area (Å²) in [6.45, 7) is 12.1. The third-order valence-electron chi connectivity index (χ3n) is 6.15. The highest BCUT2D eigenvalue weighted by atomic mass is 32.1. The Kier molecular flexibility index (Phi) is 7.08. The number of carboxylic acids is 1. The number of carboxylic acid groups (broad SMARTS) is 1. The molecule has 4 atom stereocenters. The van der Waals surface area contributed by atoms with Gasteiger partial charge in [0.1, 0.15) is 17.0 Å². The van der Waals surface area contributed by atoms with Crippen LogP contribution in [0, 0.1) is 23.2 Å². The summed E-state index contributed by atoms with van der Waals surface area (Å²) in [4.78, 5) is 26.9. The lowest BCUT2D eigenvalue weighted by Gasteiger charge is -2.58. The van der Waals surface area contributed by atoms with Crippen LogP contribution in [0.3, 0.4) is 0 Å². The highest BCUT2D eigenvalue weighted by molar-refractivity contribution is 7.80. The van der Waals surface area contributed by atoms with E-state index >= 15 is 0 Å². The van der Waals surface area contributed by atoms with Gasteiger partial charge >= 0.3 is 5.97 Å². The van der Waals surface area contributed by atoms with E-state index < -0.39 is 11.6 Å². The maximum absolute atomic E-state index is 13.2. The molecule has 1 saturated heterocycles. The number of thiocarbonyl (C=S) groups is 1. The minimum atomic E-state index is -1.01. The second-order valence-corrected chi connectivity index (χ2v) is 10.4. The Bertz CT molecular complexity index is 775. The van der Waals surface area contributed by atoms with Gasteiger partial charge in [0.05, 0.1) is 17.6 Å². The highest BCUT2D eigenvalue weighted by Crippen LogP contribution is 2.50. The topological polar surface area (TPSA) is 66.8 Å². The van der Waals surface area contributed by atoms with Gasteiger partial charge in [0.25, 0.3) is 0 Å². The molecule has 5 nitrogen and oxygen atoms in total. The van der Waals surface area contributed by atoms with E-state index in [1.165, 1.54) is 4.90 Å². The number of rotatable bonds is 8. The van der Waals surface area contributed by atoms with E-state index in [0.717, 1.165) is 10.4 Å². The van der Waals surface area contributed by atoms with Crippen LogP contribution < -0.4 is 0 Å². The molecule has 2 rings (SSSR count). The van der Waals surface area contributed by atoms with Crippen molar-refractivity contribution in [2.75, 3.05) is 6.54 Å². The summed E-state index contributed by atoms with van der Waals surface area (Å²) in [5.41, 5.74) is 0.247. The zero-order valence-corrected chi connectivity index (χ0v) is 21.2. The lowest BCUT2D eigenvalue weighted by atomic mass is 9.58. The summed E-state index contributed by atoms with van der Waals surface area (Å²) >= 11 is 5.77. The van der Waals surface area contributed by atoms with Crippen LogP contribution in [0.2, 0.25) is 0 Å². The summed E-state index contributed by atoms with van der Waals surface area (Å²) in [5.74, 6) is -1.69. The lowest BCUT2D eigenvalue weighted by molar-refractivity contribution is -0.180. The first-order valence-electron chi connectivity index (χ1n) is 9.99. The van der Waals surface area contributed by atoms with Crippen molar-refractivity contribution in [3.05, 3.63) is 35.9 Å². The molecule has 1 amide bonds. The highest BCUT2D eigenvalue weighted by Gasteiger charge is 2.59. The maximum atomic E-state index is 13.2. The van der Waals surface area contributed by atoms with E-state index in [1.54, 1.807) is 0 Å². The Labute approximate surface area is 182 Å². The molecule has 0 bridgehead atoms. The number of hydrogen-bond acceptors (Lipinski definition) is 4. The fourth-order valence-electron chi connectivity index (χ4n) is 5.01. The van der Waals surface area contributed by atoms with Crippen LogP contribution in [0.15, 0.2) is 30.3 Å². The Morgan fingerprint density at radius 2 is 1.79 bits per heavy atom. The molecule has 1 aromatic rings. The number of amides is 1. The molecule has 1 heterocycles. The van der Waals surface area contributed by atoms with Crippen LogP contribution in [0.5, 0.6) is 0 Å². The van der Waals surface area contributed by atoms with Crippen molar-refractivity contribution in [2.24, 2.45) is 23.2 Å². The van der Waals surface area contributed by atoms with Crippen molar-refractivity contribution in [3.8, 4) is 0 Å². The SMILES string of the molecule is C[C@@H](C(=S)c1ccccc1)[C@@H]1[C@H]([C@H](C(C)(C)C)C(C)(C)O[SiH3])C(=O)N1CC(=O)O. The molecule has 0 unspecified atom stereocenters. The number of likely N-dealkylation sites (tertiary alicyclic amines) is 1. The molecule has 0 spiro atoms. The van der Waals surface area contributed by atoms with Crippen LogP contribution >= 0.6 is 12.2 Å². The summed E-state index contributed by atoms with van der Waals surface area (Å²) in [5, 5.41) is 9.37. The van der Waals surface area contributed by atoms with Crippen molar-refractivity contribution in [2.45, 2.75) is 53.2 Å². The average molecular weight is 436 g/mol. The standard InChI is InChI=1S/C22H33NO4SSi/c1-13(18(28)14-10-8-7-9-11-14)17-16(20(26)23(17)12-15(24)25)19(21(2,3)4)22(5,6)27-29/h7-11,13,16-17,19H,12H2,1-6,29H3,(H,24,25)/t13-,16-,17-,19-/m1/s1. The Morgan fingerprint density at radius 1 is 1.24 bits per heavy atom. The predicted octanol–water partition coefficient (Wildman–Crippen LogP) is 2.69. The van der Waals surface area contributed by atoms with Crippen molar-refractivity contribution in [3.63, 3.8) is 0 Å². The Hall–Kier alpha value is -1.57. The minimum Gasteiger partial charge on any atom is -0.480 e. The van der Waals surface area contributed by atoms with Gasteiger partial charge in [0, 0.05) is 16.7 Å². The number of nitrogens with zero attached hydrogens (tertiary/aromatic N) is 1. The first-order chi connectivity index (χ1) is 13.3. The quantitative estimate of drug-likeness (QED) is 0.294. The molecule has 1 aliphatic heterocycles. The fourth-order valence-corrected chi connectivity index (χ4v) is 5.54. The van der Waals surface area contributed by atoms with Gasteiger partial charge in [0.15, 0.2) is 0 Å². The zero-order valence-electron chi connectivity index (χ0n) is 18.4. The van der Waals surface area contributed by atoms with Crippen LogP contribution in [0.25, 0.3) is 0 Å². The number of hydrogen-bond donors (Lipinski definition) is 1. The molecule has 1 aromatic carbocycles. The van der Waals surface area contributed by atoms with Crippen molar-refractivity contribution in [1.82, 2.24) is 4.90 Å². The van der Waals surface area contributed by atoms with E-state index in [0.29, 0.717) is 10.5 Å². The van der Waals surface area contributed by atoms with Gasteiger partial charge < -0.3 is 14.4 Å². The number of carbonyl (C=O) groups excluding carboxylic acids is 1. The van der Waals surface area contributed by atoms with Gasteiger partial charge in [-0.3, -0.25) is 9.59 Å². The van der Waals surface area contributed by atoms with E-state index in [2.05, 4.69) is 20.8 Å². The minimum absolute atomic E-state index is 0.0731. The number of β-lactam (4-membered cyclic amide) rings is 1. The molecular formula is C22H33NO4SSi. The normalized spacial score (nSPS) is 22.1. The molecule has 0 radical (unpaired) electrons. The van der Waals surface area contributed by atoms with Crippen LogP contribution in [-0.4, -0.2) is 55.4 Å². The summed E-state index contributed by atoms with van der Waals surface area (Å²) < 4.78 is 5.94. The van der Waals surface area contributed by atoms with Gasteiger partial charge in [-0.15, -0.1) is 0 Å². The molecule has 1 aliphatic rings. The fraction of sp³-hybridized carbons (Fsp3) is 0.591. The molecule has 1 fully saturated rings. The third-order valence-corrected chi connectivity index (χ3v) is 7.81. The zero-order chi connectivity index (χ0) is 22.1. The molecule has 0 aliphatic carbocycles. The van der Waals surface area contributed by atoms with E-state index in [9.17, 15) is 14.7 Å². The van der Waals surface area contributed by atoms with Crippen molar-refractivity contribution < 1.29 is 19.1 Å². The van der Waals surface area contributed by atoms with Gasteiger partial charge in [-0.25, -0.2) is 0 Å².